The second-order valence-corrected chi connectivity index (χ2v) is 6.41. The molecule has 3 heterocycles. The number of hydrogen-bond donors (Lipinski definition) is 1. The Kier molecular flexibility index (Phi) is 4.86. The maximum Gasteiger partial charge on any atom is 0.434 e. The minimum Gasteiger partial charge on any atom is -0.329 e. The van der Waals surface area contributed by atoms with Gasteiger partial charge in [-0.1, -0.05) is 6.42 Å². The average molecular weight is 345 g/mol. The minimum absolute atomic E-state index is 0.216. The van der Waals surface area contributed by atoms with Crippen LogP contribution in [-0.4, -0.2) is 39.3 Å². The molecule has 9 heteroatoms. The molecule has 0 aromatic carbocycles. The van der Waals surface area contributed by atoms with E-state index < -0.39 is 11.9 Å². The van der Waals surface area contributed by atoms with Crippen LogP contribution in [0.15, 0.2) is 17.8 Å². The van der Waals surface area contributed by atoms with Crippen molar-refractivity contribution in [1.82, 2.24) is 19.7 Å². The van der Waals surface area contributed by atoms with Gasteiger partial charge in [0.15, 0.2) is 10.8 Å². The number of nitrogens with zero attached hydrogens (tertiary/aromatic N) is 4. The summed E-state index contributed by atoms with van der Waals surface area (Å²) in [6, 6.07) is 0. The molecule has 1 N–H and O–H groups in total. The van der Waals surface area contributed by atoms with Gasteiger partial charge in [0.05, 0.1) is 18.4 Å². The van der Waals surface area contributed by atoms with E-state index in [0.29, 0.717) is 5.69 Å². The summed E-state index contributed by atoms with van der Waals surface area (Å²) >= 11 is 0.929. The Bertz CT molecular complexity index is 630. The minimum atomic E-state index is -4.41. The molecular weight excluding hydrogens is 327 g/mol. The van der Waals surface area contributed by atoms with E-state index in [1.54, 1.807) is 17.1 Å². The zero-order valence-corrected chi connectivity index (χ0v) is 13.3. The van der Waals surface area contributed by atoms with E-state index in [4.69, 9.17) is 0 Å². The molecule has 0 unspecified atom stereocenters. The van der Waals surface area contributed by atoms with Gasteiger partial charge in [0.25, 0.3) is 0 Å². The van der Waals surface area contributed by atoms with Gasteiger partial charge in [-0.25, -0.2) is 4.98 Å². The van der Waals surface area contributed by atoms with Gasteiger partial charge in [-0.15, -0.1) is 11.3 Å². The molecule has 0 bridgehead atoms. The Morgan fingerprint density at radius 1 is 1.17 bits per heavy atom. The molecule has 3 rings (SSSR count). The SMILES string of the molecule is FC(F)(F)c1csc(Nc2cnn(CCN3CCCCC3)c2)n1. The maximum atomic E-state index is 12.5. The molecule has 0 saturated carbocycles. The molecule has 0 atom stereocenters. The predicted molar refractivity (Wildman–Crippen MR) is 82.9 cm³/mol. The molecule has 0 aliphatic carbocycles. The van der Waals surface area contributed by atoms with Crippen molar-refractivity contribution >= 4 is 22.2 Å². The molecule has 1 saturated heterocycles. The lowest BCUT2D eigenvalue weighted by molar-refractivity contribution is -0.140. The van der Waals surface area contributed by atoms with E-state index in [-0.39, 0.29) is 5.13 Å². The Balaban J connectivity index is 1.53. The van der Waals surface area contributed by atoms with Crippen LogP contribution in [0.2, 0.25) is 0 Å². The first-order valence-electron chi connectivity index (χ1n) is 7.55. The van der Waals surface area contributed by atoms with E-state index in [9.17, 15) is 13.2 Å². The van der Waals surface area contributed by atoms with Crippen LogP contribution in [0.25, 0.3) is 0 Å². The van der Waals surface area contributed by atoms with Crippen molar-refractivity contribution in [2.45, 2.75) is 32.0 Å². The highest BCUT2D eigenvalue weighted by Gasteiger charge is 2.33. The van der Waals surface area contributed by atoms with Gasteiger partial charge in [0.2, 0.25) is 0 Å². The van der Waals surface area contributed by atoms with Gasteiger partial charge in [0, 0.05) is 18.1 Å². The van der Waals surface area contributed by atoms with Gasteiger partial charge in [-0.3, -0.25) is 4.68 Å². The molecule has 2 aromatic heterocycles. The van der Waals surface area contributed by atoms with Crippen molar-refractivity contribution in [3.8, 4) is 0 Å². The molecule has 0 radical (unpaired) electrons. The van der Waals surface area contributed by atoms with Crippen LogP contribution in [0.5, 0.6) is 0 Å². The van der Waals surface area contributed by atoms with Crippen molar-refractivity contribution in [2.75, 3.05) is 25.0 Å². The summed E-state index contributed by atoms with van der Waals surface area (Å²) in [5.41, 5.74) is -0.228. The number of hydrogen-bond acceptors (Lipinski definition) is 5. The van der Waals surface area contributed by atoms with E-state index in [2.05, 4.69) is 20.3 Å². The highest BCUT2D eigenvalue weighted by molar-refractivity contribution is 7.13. The van der Waals surface area contributed by atoms with Crippen LogP contribution in [-0.2, 0) is 12.7 Å². The van der Waals surface area contributed by atoms with E-state index in [0.717, 1.165) is 42.9 Å². The number of aromatic nitrogens is 3. The number of halogens is 3. The highest BCUT2D eigenvalue weighted by Crippen LogP contribution is 2.32. The number of nitrogens with one attached hydrogen (secondary N) is 1. The fraction of sp³-hybridized carbons (Fsp3) is 0.571. The molecule has 1 aliphatic heterocycles. The standard InChI is InChI=1S/C14H18F3N5S/c15-14(16,17)12-10-23-13(20-12)19-11-8-18-22(9-11)7-6-21-4-2-1-3-5-21/h8-10H,1-7H2,(H,19,20). The van der Waals surface area contributed by atoms with Gasteiger partial charge in [-0.05, 0) is 25.9 Å². The molecule has 23 heavy (non-hydrogen) atoms. The molecule has 0 amide bonds. The number of thiazole rings is 1. The fourth-order valence-electron chi connectivity index (χ4n) is 2.56. The molecule has 1 fully saturated rings. The predicted octanol–water partition coefficient (Wildman–Crippen LogP) is 3.59. The molecule has 126 valence electrons. The zero-order chi connectivity index (χ0) is 16.3. The van der Waals surface area contributed by atoms with Crippen LogP contribution in [0.3, 0.4) is 0 Å². The van der Waals surface area contributed by atoms with Crippen molar-refractivity contribution in [3.63, 3.8) is 0 Å². The number of likely N-dealkylation sites (tertiary alicyclic amines) is 1. The summed E-state index contributed by atoms with van der Waals surface area (Å²) in [5.74, 6) is 0. The van der Waals surface area contributed by atoms with Crippen molar-refractivity contribution < 1.29 is 13.2 Å². The van der Waals surface area contributed by atoms with Crippen LogP contribution in [0, 0.1) is 0 Å². The lowest BCUT2D eigenvalue weighted by atomic mass is 10.1. The third kappa shape index (κ3) is 4.44. The van der Waals surface area contributed by atoms with E-state index >= 15 is 0 Å². The van der Waals surface area contributed by atoms with E-state index in [1.165, 1.54) is 19.3 Å². The maximum absolute atomic E-state index is 12.5. The third-order valence-electron chi connectivity index (χ3n) is 3.77. The normalized spacial score (nSPS) is 16.7. The average Bonchev–Trinajstić information content (AvgIpc) is 3.16. The third-order valence-corrected chi connectivity index (χ3v) is 4.53. The summed E-state index contributed by atoms with van der Waals surface area (Å²) in [6.07, 6.45) is 2.79. The lowest BCUT2D eigenvalue weighted by Crippen LogP contribution is -2.32. The van der Waals surface area contributed by atoms with Crippen LogP contribution < -0.4 is 5.32 Å². The lowest BCUT2D eigenvalue weighted by Gasteiger charge is -2.26. The molecule has 5 nitrogen and oxygen atoms in total. The smallest absolute Gasteiger partial charge is 0.329 e. The van der Waals surface area contributed by atoms with Gasteiger partial charge < -0.3 is 10.2 Å². The Morgan fingerprint density at radius 2 is 1.96 bits per heavy atom. The van der Waals surface area contributed by atoms with Gasteiger partial charge >= 0.3 is 6.18 Å². The first kappa shape index (κ1) is 16.3. The second kappa shape index (κ2) is 6.88. The Labute approximate surface area is 136 Å². The number of rotatable bonds is 5. The fourth-order valence-corrected chi connectivity index (χ4v) is 3.30. The Morgan fingerprint density at radius 3 is 2.65 bits per heavy atom. The second-order valence-electron chi connectivity index (χ2n) is 5.56. The first-order chi connectivity index (χ1) is 11.0. The van der Waals surface area contributed by atoms with E-state index in [1.807, 2.05) is 0 Å². The monoisotopic (exact) mass is 345 g/mol. The quantitative estimate of drug-likeness (QED) is 0.900. The number of alkyl halides is 3. The van der Waals surface area contributed by atoms with Crippen LogP contribution in [0.1, 0.15) is 25.0 Å². The number of piperidine rings is 1. The molecule has 1 aliphatic rings. The van der Waals surface area contributed by atoms with Gasteiger partial charge in [-0.2, -0.15) is 18.3 Å². The first-order valence-corrected chi connectivity index (χ1v) is 8.43. The van der Waals surface area contributed by atoms with Crippen LogP contribution >= 0.6 is 11.3 Å². The van der Waals surface area contributed by atoms with Gasteiger partial charge in [0.1, 0.15) is 0 Å². The summed E-state index contributed by atoms with van der Waals surface area (Å²) in [4.78, 5) is 5.95. The summed E-state index contributed by atoms with van der Waals surface area (Å²) < 4.78 is 39.4. The van der Waals surface area contributed by atoms with Crippen molar-refractivity contribution in [1.29, 1.82) is 0 Å². The highest BCUT2D eigenvalue weighted by atomic mass is 32.1. The molecule has 0 spiro atoms. The molecule has 2 aromatic rings. The Hall–Kier alpha value is -1.61. The van der Waals surface area contributed by atoms with Crippen LogP contribution in [0.4, 0.5) is 24.0 Å². The molecular formula is C14H18F3N5S. The van der Waals surface area contributed by atoms with Crippen molar-refractivity contribution in [3.05, 3.63) is 23.5 Å². The van der Waals surface area contributed by atoms with Crippen molar-refractivity contribution in [2.24, 2.45) is 0 Å². The summed E-state index contributed by atoms with van der Waals surface area (Å²) in [6.45, 7) is 3.97. The topological polar surface area (TPSA) is 46.0 Å². The number of anilines is 2. The zero-order valence-electron chi connectivity index (χ0n) is 12.5. The summed E-state index contributed by atoms with van der Waals surface area (Å²) in [7, 11) is 0. The largest absolute Gasteiger partial charge is 0.434 e. The summed E-state index contributed by atoms with van der Waals surface area (Å²) in [5, 5.41) is 8.32.